The number of hydrogen-bond donors (Lipinski definition) is 1. The molecule has 0 atom stereocenters. The quantitative estimate of drug-likeness (QED) is 0.471. The summed E-state index contributed by atoms with van der Waals surface area (Å²) >= 11 is 0. The van der Waals surface area contributed by atoms with Crippen LogP contribution in [0, 0.1) is 0 Å². The van der Waals surface area contributed by atoms with Crippen LogP contribution in [0.1, 0.15) is 18.4 Å². The highest BCUT2D eigenvalue weighted by Crippen LogP contribution is 2.25. The van der Waals surface area contributed by atoms with E-state index in [1.54, 1.807) is 21.3 Å². The smallest absolute Gasteiger partial charge is 0.236 e. The summed E-state index contributed by atoms with van der Waals surface area (Å²) < 4.78 is 10.4. The van der Waals surface area contributed by atoms with Crippen LogP contribution in [-0.4, -0.2) is 32.2 Å². The number of benzene rings is 1. The Morgan fingerprint density at radius 2 is 2.06 bits per heavy atom. The number of ether oxygens (including phenoxy) is 2. The van der Waals surface area contributed by atoms with Crippen molar-refractivity contribution >= 4 is 5.91 Å². The maximum atomic E-state index is 11.3. The molecule has 0 bridgehead atoms. The van der Waals surface area contributed by atoms with Crippen LogP contribution in [-0.2, 0) is 11.2 Å². The topological polar surface area (TPSA) is 64.8 Å². The number of hydrogen-bond acceptors (Lipinski definition) is 4. The fourth-order valence-corrected chi connectivity index (χ4v) is 1.66. The van der Waals surface area contributed by atoms with E-state index in [2.05, 4.69) is 0 Å². The van der Waals surface area contributed by atoms with Gasteiger partial charge in [0, 0.05) is 19.5 Å². The lowest BCUT2D eigenvalue weighted by Gasteiger charge is -2.11. The van der Waals surface area contributed by atoms with E-state index in [9.17, 15) is 4.79 Å². The molecule has 0 radical (unpaired) electrons. The zero-order valence-electron chi connectivity index (χ0n) is 11.1. The molecule has 5 nitrogen and oxygen atoms in total. The van der Waals surface area contributed by atoms with Crippen molar-refractivity contribution in [3.05, 3.63) is 23.8 Å². The van der Waals surface area contributed by atoms with Gasteiger partial charge in [0.25, 0.3) is 0 Å². The van der Waals surface area contributed by atoms with Crippen molar-refractivity contribution in [2.75, 3.05) is 21.3 Å². The highest BCUT2D eigenvalue weighted by molar-refractivity contribution is 5.75. The average Bonchev–Trinajstić information content (AvgIpc) is 2.38. The molecule has 0 fully saturated rings. The molecule has 0 aliphatic heterocycles. The van der Waals surface area contributed by atoms with Crippen LogP contribution in [0.25, 0.3) is 0 Å². The summed E-state index contributed by atoms with van der Waals surface area (Å²) in [4.78, 5) is 11.3. The van der Waals surface area contributed by atoms with Crippen molar-refractivity contribution in [1.82, 2.24) is 5.01 Å². The summed E-state index contributed by atoms with van der Waals surface area (Å²) in [7, 11) is 4.79. The first-order valence-corrected chi connectivity index (χ1v) is 5.80. The number of hydrazine groups is 1. The van der Waals surface area contributed by atoms with Crippen molar-refractivity contribution in [2.45, 2.75) is 19.3 Å². The Morgan fingerprint density at radius 1 is 1.33 bits per heavy atom. The molecule has 1 aromatic rings. The fraction of sp³-hybridized carbons (Fsp3) is 0.462. The molecule has 100 valence electrons. The van der Waals surface area contributed by atoms with Crippen molar-refractivity contribution in [1.29, 1.82) is 0 Å². The standard InChI is InChI=1S/C13H20N2O3/c1-15(14)13(16)6-4-5-10-7-8-11(17-2)9-12(10)18-3/h7-9H,4-6,14H2,1-3H3. The number of nitrogens with two attached hydrogens (primary N) is 1. The zero-order valence-corrected chi connectivity index (χ0v) is 11.1. The highest BCUT2D eigenvalue weighted by atomic mass is 16.5. The molecule has 18 heavy (non-hydrogen) atoms. The Morgan fingerprint density at radius 3 is 2.61 bits per heavy atom. The molecule has 0 saturated heterocycles. The number of aryl methyl sites for hydroxylation is 1. The zero-order chi connectivity index (χ0) is 13.5. The Bertz CT molecular complexity index is 405. The van der Waals surface area contributed by atoms with Crippen LogP contribution < -0.4 is 15.3 Å². The molecule has 0 aliphatic carbocycles. The highest BCUT2D eigenvalue weighted by Gasteiger charge is 2.08. The lowest BCUT2D eigenvalue weighted by molar-refractivity contribution is -0.130. The average molecular weight is 252 g/mol. The molecule has 0 spiro atoms. The lowest BCUT2D eigenvalue weighted by Crippen LogP contribution is -2.32. The minimum Gasteiger partial charge on any atom is -0.497 e. The van der Waals surface area contributed by atoms with E-state index in [0.717, 1.165) is 34.9 Å². The van der Waals surface area contributed by atoms with E-state index in [1.165, 1.54) is 0 Å². The van der Waals surface area contributed by atoms with Gasteiger partial charge in [-0.1, -0.05) is 6.07 Å². The van der Waals surface area contributed by atoms with Crippen molar-refractivity contribution in [3.63, 3.8) is 0 Å². The third kappa shape index (κ3) is 3.92. The van der Waals surface area contributed by atoms with Gasteiger partial charge < -0.3 is 9.47 Å². The summed E-state index contributed by atoms with van der Waals surface area (Å²) in [6.45, 7) is 0. The summed E-state index contributed by atoms with van der Waals surface area (Å²) in [5, 5.41) is 1.12. The molecule has 0 saturated carbocycles. The van der Waals surface area contributed by atoms with E-state index < -0.39 is 0 Å². The van der Waals surface area contributed by atoms with Crippen LogP contribution in [0.5, 0.6) is 11.5 Å². The summed E-state index contributed by atoms with van der Waals surface area (Å²) in [5.74, 6) is 6.82. The summed E-state index contributed by atoms with van der Waals surface area (Å²) in [6, 6.07) is 5.68. The molecule has 1 rings (SSSR count). The van der Waals surface area contributed by atoms with Gasteiger partial charge in [-0.15, -0.1) is 0 Å². The van der Waals surface area contributed by atoms with Gasteiger partial charge in [-0.2, -0.15) is 0 Å². The lowest BCUT2D eigenvalue weighted by atomic mass is 10.1. The first-order chi connectivity index (χ1) is 8.58. The molecule has 5 heteroatoms. The van der Waals surface area contributed by atoms with Gasteiger partial charge in [0.15, 0.2) is 0 Å². The Kier molecular flexibility index (Phi) is 5.45. The van der Waals surface area contributed by atoms with Gasteiger partial charge in [-0.05, 0) is 24.5 Å². The molecular formula is C13H20N2O3. The molecule has 0 aromatic heterocycles. The van der Waals surface area contributed by atoms with E-state index in [0.29, 0.717) is 6.42 Å². The van der Waals surface area contributed by atoms with E-state index >= 15 is 0 Å². The SMILES string of the molecule is COc1ccc(CCCC(=O)N(C)N)c(OC)c1. The van der Waals surface area contributed by atoms with Gasteiger partial charge in [0.2, 0.25) is 5.91 Å². The first-order valence-electron chi connectivity index (χ1n) is 5.80. The van der Waals surface area contributed by atoms with Crippen LogP contribution in [0.2, 0.25) is 0 Å². The third-order valence-electron chi connectivity index (χ3n) is 2.72. The Labute approximate surface area is 107 Å². The maximum Gasteiger partial charge on any atom is 0.236 e. The van der Waals surface area contributed by atoms with Gasteiger partial charge in [-0.25, -0.2) is 5.84 Å². The molecule has 0 unspecified atom stereocenters. The third-order valence-corrected chi connectivity index (χ3v) is 2.72. The summed E-state index contributed by atoms with van der Waals surface area (Å²) in [5.41, 5.74) is 1.06. The second-order valence-corrected chi connectivity index (χ2v) is 4.04. The van der Waals surface area contributed by atoms with Crippen LogP contribution in [0.4, 0.5) is 0 Å². The van der Waals surface area contributed by atoms with Gasteiger partial charge in [-0.3, -0.25) is 9.80 Å². The molecule has 1 amide bonds. The molecular weight excluding hydrogens is 232 g/mol. The minimum atomic E-state index is -0.0671. The molecule has 0 heterocycles. The van der Waals surface area contributed by atoms with Crippen molar-refractivity contribution in [2.24, 2.45) is 5.84 Å². The molecule has 2 N–H and O–H groups in total. The van der Waals surface area contributed by atoms with Gasteiger partial charge >= 0.3 is 0 Å². The first kappa shape index (κ1) is 14.3. The van der Waals surface area contributed by atoms with Crippen LogP contribution in [0.15, 0.2) is 18.2 Å². The van der Waals surface area contributed by atoms with Gasteiger partial charge in [0.05, 0.1) is 14.2 Å². The number of amides is 1. The predicted octanol–water partition coefficient (Wildman–Crippen LogP) is 1.36. The number of nitrogens with zero attached hydrogens (tertiary/aromatic N) is 1. The van der Waals surface area contributed by atoms with E-state index in [1.807, 2.05) is 18.2 Å². The minimum absolute atomic E-state index is 0.0671. The normalized spacial score (nSPS) is 10.0. The number of rotatable bonds is 6. The number of carbonyl (C=O) groups excluding carboxylic acids is 1. The number of carbonyl (C=O) groups is 1. The largest absolute Gasteiger partial charge is 0.497 e. The predicted molar refractivity (Wildman–Crippen MR) is 69.4 cm³/mol. The second-order valence-electron chi connectivity index (χ2n) is 4.04. The second kappa shape index (κ2) is 6.86. The van der Waals surface area contributed by atoms with E-state index in [-0.39, 0.29) is 5.91 Å². The van der Waals surface area contributed by atoms with E-state index in [4.69, 9.17) is 15.3 Å². The van der Waals surface area contributed by atoms with Crippen LogP contribution >= 0.6 is 0 Å². The summed E-state index contributed by atoms with van der Waals surface area (Å²) in [6.07, 6.45) is 1.94. The van der Waals surface area contributed by atoms with Crippen molar-refractivity contribution < 1.29 is 14.3 Å². The number of methoxy groups -OCH3 is 2. The van der Waals surface area contributed by atoms with Crippen molar-refractivity contribution in [3.8, 4) is 11.5 Å². The maximum absolute atomic E-state index is 11.3. The fourth-order valence-electron chi connectivity index (χ4n) is 1.66. The Balaban J connectivity index is 2.59. The molecule has 1 aromatic carbocycles. The molecule has 0 aliphatic rings. The van der Waals surface area contributed by atoms with Crippen LogP contribution in [0.3, 0.4) is 0 Å². The monoisotopic (exact) mass is 252 g/mol. The Hall–Kier alpha value is -1.75. The van der Waals surface area contributed by atoms with Gasteiger partial charge in [0.1, 0.15) is 11.5 Å².